The van der Waals surface area contributed by atoms with Crippen LogP contribution in [0, 0.1) is 5.41 Å². The molecule has 0 bridgehead atoms. The number of hydrogen-bond donors (Lipinski definition) is 2. The van der Waals surface area contributed by atoms with Crippen molar-refractivity contribution in [2.45, 2.75) is 33.1 Å². The summed E-state index contributed by atoms with van der Waals surface area (Å²) in [5.41, 5.74) is 9.09. The lowest BCUT2D eigenvalue weighted by Crippen LogP contribution is -2.38. The summed E-state index contributed by atoms with van der Waals surface area (Å²) in [5, 5.41) is 7.33. The molecular weight excluding hydrogens is 340 g/mol. The van der Waals surface area contributed by atoms with Gasteiger partial charge in [-0.1, -0.05) is 32.4 Å². The molecule has 140 valence electrons. The average Bonchev–Trinajstić information content (AvgIpc) is 3.12. The molecule has 0 radical (unpaired) electrons. The highest BCUT2D eigenvalue weighted by Crippen LogP contribution is 2.35. The van der Waals surface area contributed by atoms with Gasteiger partial charge in [0, 0.05) is 24.2 Å². The van der Waals surface area contributed by atoms with Crippen LogP contribution in [0.5, 0.6) is 0 Å². The zero-order valence-corrected chi connectivity index (χ0v) is 15.7. The minimum Gasteiger partial charge on any atom is -0.366 e. The van der Waals surface area contributed by atoms with E-state index in [0.717, 1.165) is 43.0 Å². The second-order valence-electron chi connectivity index (χ2n) is 7.60. The predicted molar refractivity (Wildman–Crippen MR) is 105 cm³/mol. The first-order chi connectivity index (χ1) is 13.0. The van der Waals surface area contributed by atoms with Gasteiger partial charge in [-0.15, -0.1) is 0 Å². The van der Waals surface area contributed by atoms with Crippen molar-refractivity contribution in [3.05, 3.63) is 36.0 Å². The number of nitrogens with two attached hydrogens (primary N) is 1. The van der Waals surface area contributed by atoms with Gasteiger partial charge in [0.15, 0.2) is 0 Å². The van der Waals surface area contributed by atoms with Crippen molar-refractivity contribution in [2.75, 3.05) is 18.0 Å². The van der Waals surface area contributed by atoms with Crippen LogP contribution in [-0.2, 0) is 0 Å². The number of nitrogens with zero attached hydrogens (tertiary/aromatic N) is 4. The highest BCUT2D eigenvalue weighted by Gasteiger charge is 2.29. The van der Waals surface area contributed by atoms with E-state index in [1.807, 2.05) is 12.3 Å². The Morgan fingerprint density at radius 1 is 1.33 bits per heavy atom. The summed E-state index contributed by atoms with van der Waals surface area (Å²) in [6.45, 7) is 6.60. The standard InChI is InChI=1S/C20H24N6O/c1-3-20(2)7-9-26(10-8-20)15-12-22-17-16(24-25-19(17)23-15)13-5-4-6-14(11-13)18(21)27/h4-6,11-12H,3,7-10H2,1-2H3,(H2,21,27)(H,23,24,25). The van der Waals surface area contributed by atoms with E-state index in [9.17, 15) is 4.79 Å². The lowest BCUT2D eigenvalue weighted by atomic mass is 9.78. The Kier molecular flexibility index (Phi) is 4.30. The Hall–Kier alpha value is -2.96. The van der Waals surface area contributed by atoms with E-state index in [-0.39, 0.29) is 0 Å². The van der Waals surface area contributed by atoms with Gasteiger partial charge in [0.25, 0.3) is 0 Å². The number of carbonyl (C=O) groups excluding carboxylic acids is 1. The lowest BCUT2D eigenvalue weighted by molar-refractivity contribution is 0.100. The fourth-order valence-electron chi connectivity index (χ4n) is 3.60. The second kappa shape index (κ2) is 6.64. The molecule has 0 unspecified atom stereocenters. The van der Waals surface area contributed by atoms with Crippen molar-refractivity contribution in [3.8, 4) is 11.3 Å². The van der Waals surface area contributed by atoms with Gasteiger partial charge < -0.3 is 10.6 Å². The molecule has 1 aliphatic heterocycles. The largest absolute Gasteiger partial charge is 0.366 e. The maximum absolute atomic E-state index is 11.4. The first-order valence-electron chi connectivity index (χ1n) is 9.35. The number of nitrogens with one attached hydrogen (secondary N) is 1. The third kappa shape index (κ3) is 3.25. The van der Waals surface area contributed by atoms with Crippen LogP contribution in [0.2, 0.25) is 0 Å². The summed E-state index contributed by atoms with van der Waals surface area (Å²) in [6.07, 6.45) is 5.34. The van der Waals surface area contributed by atoms with E-state index in [1.54, 1.807) is 18.2 Å². The third-order valence-corrected chi connectivity index (χ3v) is 5.84. The van der Waals surface area contributed by atoms with Crippen LogP contribution in [-0.4, -0.2) is 39.2 Å². The maximum atomic E-state index is 11.4. The quantitative estimate of drug-likeness (QED) is 0.741. The predicted octanol–water partition coefficient (Wildman–Crippen LogP) is 3.14. The van der Waals surface area contributed by atoms with Crippen LogP contribution in [0.1, 0.15) is 43.5 Å². The molecular formula is C20H24N6O. The van der Waals surface area contributed by atoms with Crippen LogP contribution in [0.15, 0.2) is 30.5 Å². The molecule has 3 N–H and O–H groups in total. The Morgan fingerprint density at radius 2 is 2.11 bits per heavy atom. The zero-order valence-electron chi connectivity index (χ0n) is 15.7. The Morgan fingerprint density at radius 3 is 2.81 bits per heavy atom. The van der Waals surface area contributed by atoms with E-state index in [1.165, 1.54) is 6.42 Å². The molecule has 3 heterocycles. The minimum atomic E-state index is -0.460. The zero-order chi connectivity index (χ0) is 19.0. The molecule has 7 heteroatoms. The fourth-order valence-corrected chi connectivity index (χ4v) is 3.60. The number of aromatic nitrogens is 4. The SMILES string of the molecule is CCC1(C)CCN(c2cnc3c(-c4cccc(C(N)=O)c4)[nH]nc3n2)CC1. The van der Waals surface area contributed by atoms with Crippen LogP contribution in [0.25, 0.3) is 22.4 Å². The first-order valence-corrected chi connectivity index (χ1v) is 9.35. The highest BCUT2D eigenvalue weighted by atomic mass is 16.1. The normalized spacial score (nSPS) is 16.6. The number of anilines is 1. The molecule has 2 aromatic heterocycles. The smallest absolute Gasteiger partial charge is 0.248 e. The van der Waals surface area contributed by atoms with Crippen molar-refractivity contribution < 1.29 is 4.79 Å². The van der Waals surface area contributed by atoms with Gasteiger partial charge in [0.2, 0.25) is 11.6 Å². The van der Waals surface area contributed by atoms with E-state index < -0.39 is 5.91 Å². The molecule has 0 aliphatic carbocycles. The van der Waals surface area contributed by atoms with Gasteiger partial charge >= 0.3 is 0 Å². The molecule has 3 aromatic rings. The molecule has 4 rings (SSSR count). The van der Waals surface area contributed by atoms with Crippen LogP contribution >= 0.6 is 0 Å². The topological polar surface area (TPSA) is 101 Å². The summed E-state index contributed by atoms with van der Waals surface area (Å²) in [7, 11) is 0. The second-order valence-corrected chi connectivity index (χ2v) is 7.60. The number of amides is 1. The number of rotatable bonds is 4. The van der Waals surface area contributed by atoms with Gasteiger partial charge in [-0.25, -0.2) is 9.97 Å². The molecule has 7 nitrogen and oxygen atoms in total. The molecule has 0 saturated carbocycles. The third-order valence-electron chi connectivity index (χ3n) is 5.84. The summed E-state index contributed by atoms with van der Waals surface area (Å²) in [4.78, 5) is 23.0. The number of fused-ring (bicyclic) bond motifs is 1. The van der Waals surface area contributed by atoms with Crippen LogP contribution in [0.4, 0.5) is 5.82 Å². The highest BCUT2D eigenvalue weighted by molar-refractivity contribution is 5.95. The van der Waals surface area contributed by atoms with Crippen molar-refractivity contribution in [1.82, 2.24) is 20.2 Å². The van der Waals surface area contributed by atoms with Crippen molar-refractivity contribution in [1.29, 1.82) is 0 Å². The molecule has 27 heavy (non-hydrogen) atoms. The van der Waals surface area contributed by atoms with E-state index >= 15 is 0 Å². The summed E-state index contributed by atoms with van der Waals surface area (Å²) >= 11 is 0. The molecule has 1 amide bonds. The maximum Gasteiger partial charge on any atom is 0.248 e. The molecule has 0 spiro atoms. The number of carbonyl (C=O) groups is 1. The molecule has 1 fully saturated rings. The monoisotopic (exact) mass is 364 g/mol. The van der Waals surface area contributed by atoms with Gasteiger partial charge in [0.1, 0.15) is 11.3 Å². The van der Waals surface area contributed by atoms with Crippen molar-refractivity contribution >= 4 is 22.9 Å². The Labute approximate surface area is 158 Å². The number of primary amides is 1. The Balaban J connectivity index is 1.63. The number of H-pyrrole nitrogens is 1. The van der Waals surface area contributed by atoms with Crippen molar-refractivity contribution in [2.24, 2.45) is 11.1 Å². The number of aromatic amines is 1. The first kappa shape index (κ1) is 17.5. The molecule has 0 atom stereocenters. The lowest BCUT2D eigenvalue weighted by Gasteiger charge is -2.39. The van der Waals surface area contributed by atoms with Gasteiger partial charge in [-0.2, -0.15) is 5.10 Å². The average molecular weight is 364 g/mol. The Bertz CT molecular complexity index is 987. The van der Waals surface area contributed by atoms with Crippen LogP contribution < -0.4 is 10.6 Å². The van der Waals surface area contributed by atoms with Crippen LogP contribution in [0.3, 0.4) is 0 Å². The number of piperidine rings is 1. The van der Waals surface area contributed by atoms with E-state index in [0.29, 0.717) is 22.1 Å². The van der Waals surface area contributed by atoms with Crippen molar-refractivity contribution in [3.63, 3.8) is 0 Å². The van der Waals surface area contributed by atoms with Gasteiger partial charge in [-0.3, -0.25) is 9.89 Å². The number of benzene rings is 1. The summed E-state index contributed by atoms with van der Waals surface area (Å²) < 4.78 is 0. The minimum absolute atomic E-state index is 0.430. The van der Waals surface area contributed by atoms with Gasteiger partial charge in [-0.05, 0) is 30.4 Å². The summed E-state index contributed by atoms with van der Waals surface area (Å²) in [5.74, 6) is 0.405. The van der Waals surface area contributed by atoms with E-state index in [2.05, 4.69) is 33.9 Å². The number of hydrogen-bond acceptors (Lipinski definition) is 5. The summed E-state index contributed by atoms with van der Waals surface area (Å²) in [6, 6.07) is 7.11. The molecule has 1 saturated heterocycles. The van der Waals surface area contributed by atoms with E-state index in [4.69, 9.17) is 10.7 Å². The van der Waals surface area contributed by atoms with Gasteiger partial charge in [0.05, 0.1) is 11.9 Å². The molecule has 1 aliphatic rings. The molecule has 1 aromatic carbocycles. The fraction of sp³-hybridized carbons (Fsp3) is 0.400.